The average molecular weight is 269 g/mol. The van der Waals surface area contributed by atoms with Crippen LogP contribution in [0.5, 0.6) is 0 Å². The molecule has 0 aliphatic carbocycles. The van der Waals surface area contributed by atoms with Crippen LogP contribution < -0.4 is 5.32 Å². The number of carbonyl (C=O) groups excluding carboxylic acids is 1. The van der Waals surface area contributed by atoms with Gasteiger partial charge in [-0.3, -0.25) is 9.69 Å². The lowest BCUT2D eigenvalue weighted by Gasteiger charge is -2.26. The van der Waals surface area contributed by atoms with Gasteiger partial charge in [-0.05, 0) is 31.4 Å². The van der Waals surface area contributed by atoms with Crippen LogP contribution in [0.3, 0.4) is 0 Å². The molecular weight excluding hydrogens is 250 g/mol. The van der Waals surface area contributed by atoms with E-state index in [4.69, 9.17) is 4.74 Å². The molecule has 0 radical (unpaired) electrons. The minimum Gasteiger partial charge on any atom is -0.379 e. The van der Waals surface area contributed by atoms with Gasteiger partial charge >= 0.3 is 0 Å². The molecule has 2 rings (SSSR count). The minimum absolute atomic E-state index is 0.0109. The van der Waals surface area contributed by atoms with Crippen LogP contribution >= 0.6 is 11.5 Å². The molecule has 5 nitrogen and oxygen atoms in total. The Morgan fingerprint density at radius 1 is 1.56 bits per heavy atom. The van der Waals surface area contributed by atoms with Gasteiger partial charge in [-0.25, -0.2) is 0 Å². The van der Waals surface area contributed by atoms with E-state index >= 15 is 0 Å². The number of hydrogen-bond acceptors (Lipinski definition) is 5. The fraction of sp³-hybridized carbons (Fsp3) is 0.667. The maximum Gasteiger partial charge on any atom is 0.254 e. The zero-order valence-electron chi connectivity index (χ0n) is 10.6. The molecule has 1 aromatic rings. The quantitative estimate of drug-likeness (QED) is 0.807. The molecule has 18 heavy (non-hydrogen) atoms. The van der Waals surface area contributed by atoms with Crippen LogP contribution in [0.1, 0.15) is 22.5 Å². The van der Waals surface area contributed by atoms with Gasteiger partial charge in [-0.2, -0.15) is 4.37 Å². The van der Waals surface area contributed by atoms with E-state index in [2.05, 4.69) is 14.6 Å². The van der Waals surface area contributed by atoms with Gasteiger partial charge in [0, 0.05) is 25.0 Å². The zero-order valence-corrected chi connectivity index (χ0v) is 11.5. The Hall–Kier alpha value is -0.980. The molecule has 0 saturated carbocycles. The second kappa shape index (κ2) is 6.82. The topological polar surface area (TPSA) is 54.5 Å². The standard InChI is InChI=1S/C12H19N3O2S/c1-10-11(9-18-14-10)12(16)13-3-2-4-15-5-7-17-8-6-15/h9H,2-8H2,1H3,(H,13,16). The molecule has 1 aliphatic heterocycles. The Bertz CT molecular complexity index is 388. The van der Waals surface area contributed by atoms with Crippen LogP contribution in [0.15, 0.2) is 5.38 Å². The van der Waals surface area contributed by atoms with Gasteiger partial charge < -0.3 is 10.1 Å². The lowest BCUT2D eigenvalue weighted by Crippen LogP contribution is -2.38. The van der Waals surface area contributed by atoms with Crippen LogP contribution in [-0.2, 0) is 4.74 Å². The predicted molar refractivity (Wildman–Crippen MR) is 71.1 cm³/mol. The van der Waals surface area contributed by atoms with Crippen LogP contribution in [-0.4, -0.2) is 54.6 Å². The summed E-state index contributed by atoms with van der Waals surface area (Å²) in [7, 11) is 0. The van der Waals surface area contributed by atoms with Crippen molar-refractivity contribution in [3.05, 3.63) is 16.6 Å². The van der Waals surface area contributed by atoms with Gasteiger partial charge in [-0.1, -0.05) is 0 Å². The number of ether oxygens (including phenoxy) is 1. The summed E-state index contributed by atoms with van der Waals surface area (Å²) in [6.45, 7) is 7.25. The van der Waals surface area contributed by atoms with Gasteiger partial charge in [-0.15, -0.1) is 0 Å². The zero-order chi connectivity index (χ0) is 12.8. The number of aromatic nitrogens is 1. The molecule has 100 valence electrons. The summed E-state index contributed by atoms with van der Waals surface area (Å²) >= 11 is 1.32. The van der Waals surface area contributed by atoms with E-state index in [9.17, 15) is 4.79 Å². The maximum atomic E-state index is 11.8. The van der Waals surface area contributed by atoms with Crippen molar-refractivity contribution in [1.29, 1.82) is 0 Å². The molecule has 0 unspecified atom stereocenters. The molecule has 1 amide bonds. The van der Waals surface area contributed by atoms with Crippen LogP contribution in [0.25, 0.3) is 0 Å². The number of carbonyl (C=O) groups is 1. The summed E-state index contributed by atoms with van der Waals surface area (Å²) < 4.78 is 9.39. The number of morpholine rings is 1. The third-order valence-corrected chi connectivity index (χ3v) is 3.76. The summed E-state index contributed by atoms with van der Waals surface area (Å²) in [6.07, 6.45) is 0.975. The van der Waals surface area contributed by atoms with Crippen molar-refractivity contribution in [3.8, 4) is 0 Å². The highest BCUT2D eigenvalue weighted by atomic mass is 32.1. The molecule has 6 heteroatoms. The van der Waals surface area contributed by atoms with Gasteiger partial charge in [0.2, 0.25) is 0 Å². The van der Waals surface area contributed by atoms with E-state index in [1.54, 1.807) is 5.38 Å². The van der Waals surface area contributed by atoms with E-state index in [1.807, 2.05) is 6.92 Å². The van der Waals surface area contributed by atoms with E-state index in [0.29, 0.717) is 12.1 Å². The molecule has 1 fully saturated rings. The first kappa shape index (κ1) is 13.5. The van der Waals surface area contributed by atoms with Crippen molar-refractivity contribution >= 4 is 17.4 Å². The maximum absolute atomic E-state index is 11.8. The summed E-state index contributed by atoms with van der Waals surface area (Å²) in [5.41, 5.74) is 1.51. The number of amides is 1. The molecular formula is C12H19N3O2S. The lowest BCUT2D eigenvalue weighted by atomic mass is 10.2. The average Bonchev–Trinajstić information content (AvgIpc) is 2.82. The van der Waals surface area contributed by atoms with E-state index in [0.717, 1.165) is 45.0 Å². The fourth-order valence-corrected chi connectivity index (χ4v) is 2.63. The largest absolute Gasteiger partial charge is 0.379 e. The fourth-order valence-electron chi connectivity index (χ4n) is 1.93. The van der Waals surface area contributed by atoms with Crippen LogP contribution in [0.4, 0.5) is 0 Å². The summed E-state index contributed by atoms with van der Waals surface area (Å²) in [4.78, 5) is 14.2. The van der Waals surface area contributed by atoms with Gasteiger partial charge in [0.15, 0.2) is 0 Å². The minimum atomic E-state index is -0.0109. The molecule has 1 saturated heterocycles. The third kappa shape index (κ3) is 3.76. The Morgan fingerprint density at radius 2 is 2.33 bits per heavy atom. The van der Waals surface area contributed by atoms with Gasteiger partial charge in [0.05, 0.1) is 24.5 Å². The smallest absolute Gasteiger partial charge is 0.254 e. The molecule has 2 heterocycles. The van der Waals surface area contributed by atoms with Crippen LogP contribution in [0, 0.1) is 6.92 Å². The number of hydrogen-bond donors (Lipinski definition) is 1. The van der Waals surface area contributed by atoms with E-state index in [1.165, 1.54) is 11.5 Å². The van der Waals surface area contributed by atoms with Crippen molar-refractivity contribution in [2.45, 2.75) is 13.3 Å². The molecule has 0 atom stereocenters. The van der Waals surface area contributed by atoms with Crippen molar-refractivity contribution in [2.75, 3.05) is 39.4 Å². The molecule has 0 spiro atoms. The summed E-state index contributed by atoms with van der Waals surface area (Å²) in [6, 6.07) is 0. The van der Waals surface area contributed by atoms with Crippen molar-refractivity contribution in [1.82, 2.24) is 14.6 Å². The van der Waals surface area contributed by atoms with Crippen molar-refractivity contribution in [2.24, 2.45) is 0 Å². The Morgan fingerprint density at radius 3 is 3.00 bits per heavy atom. The first-order chi connectivity index (χ1) is 8.77. The Balaban J connectivity index is 1.63. The normalized spacial score (nSPS) is 16.7. The molecule has 0 bridgehead atoms. The first-order valence-electron chi connectivity index (χ1n) is 6.26. The molecule has 1 N–H and O–H groups in total. The molecule has 1 aliphatic rings. The monoisotopic (exact) mass is 269 g/mol. The number of nitrogens with zero attached hydrogens (tertiary/aromatic N) is 2. The number of nitrogens with one attached hydrogen (secondary N) is 1. The molecule has 1 aromatic heterocycles. The Kier molecular flexibility index (Phi) is 5.10. The third-order valence-electron chi connectivity index (χ3n) is 3.03. The molecule has 0 aromatic carbocycles. The second-order valence-corrected chi connectivity index (χ2v) is 5.01. The number of rotatable bonds is 5. The highest BCUT2D eigenvalue weighted by Crippen LogP contribution is 2.08. The highest BCUT2D eigenvalue weighted by molar-refractivity contribution is 7.03. The lowest BCUT2D eigenvalue weighted by molar-refractivity contribution is 0.0374. The van der Waals surface area contributed by atoms with Crippen molar-refractivity contribution < 1.29 is 9.53 Å². The Labute approximate surface area is 111 Å². The predicted octanol–water partition coefficient (Wildman–Crippen LogP) is 0.904. The van der Waals surface area contributed by atoms with Crippen molar-refractivity contribution in [3.63, 3.8) is 0 Å². The second-order valence-electron chi connectivity index (χ2n) is 4.38. The number of aryl methyl sites for hydroxylation is 1. The summed E-state index contributed by atoms with van der Waals surface area (Å²) in [5, 5.41) is 4.73. The van der Waals surface area contributed by atoms with Crippen LogP contribution in [0.2, 0.25) is 0 Å². The summed E-state index contributed by atoms with van der Waals surface area (Å²) in [5.74, 6) is -0.0109. The SMILES string of the molecule is Cc1nscc1C(=O)NCCCN1CCOCC1. The van der Waals surface area contributed by atoms with Gasteiger partial charge in [0.25, 0.3) is 5.91 Å². The van der Waals surface area contributed by atoms with E-state index in [-0.39, 0.29) is 5.91 Å². The highest BCUT2D eigenvalue weighted by Gasteiger charge is 2.12. The first-order valence-corrected chi connectivity index (χ1v) is 7.10. The van der Waals surface area contributed by atoms with Gasteiger partial charge in [0.1, 0.15) is 0 Å². The van der Waals surface area contributed by atoms with E-state index < -0.39 is 0 Å².